The SMILES string of the molecule is CSc1nc(N=CN(C)C)c2c([N+](=O)[O-])cn(C3O[C@H](COC(C)=O)[C@@H](OC(C)=O)[C@@]3(C)OC(C)=O)c2n1. The molecule has 0 aliphatic carbocycles. The zero-order chi connectivity index (χ0) is 28.4. The van der Waals surface area contributed by atoms with Crippen LogP contribution in [0.15, 0.2) is 16.3 Å². The maximum atomic E-state index is 12.2. The first-order valence-electron chi connectivity index (χ1n) is 11.3. The van der Waals surface area contributed by atoms with E-state index in [1.165, 1.54) is 42.7 Å². The standard InChI is InChI=1S/C22H28N6O9S/c1-11(29)34-9-15-17(35-12(2)30)22(4,37-13(3)31)20(36-15)27-8-14(28(32)33)16-18(23-10-26(5)6)24-21(38-7)25-19(16)27/h8,10,15,17,20H,9H2,1-7H3/t15-,17-,20?,22-/m1/s1. The number of hydrogen-bond acceptors (Lipinski definition) is 13. The molecule has 0 amide bonds. The van der Waals surface area contributed by atoms with Crippen LogP contribution in [0.2, 0.25) is 0 Å². The minimum absolute atomic E-state index is 0.0205. The van der Waals surface area contributed by atoms with Crippen molar-refractivity contribution in [1.29, 1.82) is 0 Å². The van der Waals surface area contributed by atoms with Gasteiger partial charge in [0.1, 0.15) is 18.1 Å². The molecule has 3 rings (SSSR count). The average molecular weight is 553 g/mol. The maximum absolute atomic E-state index is 12.2. The van der Waals surface area contributed by atoms with Crippen LogP contribution >= 0.6 is 11.8 Å². The summed E-state index contributed by atoms with van der Waals surface area (Å²) in [5, 5.41) is 12.4. The van der Waals surface area contributed by atoms with Gasteiger partial charge in [-0.25, -0.2) is 15.0 Å². The van der Waals surface area contributed by atoms with Crippen LogP contribution < -0.4 is 0 Å². The van der Waals surface area contributed by atoms with Gasteiger partial charge in [0, 0.05) is 34.9 Å². The molecule has 1 aliphatic heterocycles. The molecule has 1 unspecified atom stereocenters. The first-order chi connectivity index (χ1) is 17.8. The lowest BCUT2D eigenvalue weighted by atomic mass is 9.95. The predicted octanol–water partition coefficient (Wildman–Crippen LogP) is 2.00. The van der Waals surface area contributed by atoms with Crippen molar-refractivity contribution in [3.63, 3.8) is 0 Å². The second-order valence-corrected chi connectivity index (χ2v) is 9.53. The molecule has 1 aliphatic rings. The van der Waals surface area contributed by atoms with Crippen molar-refractivity contribution in [2.75, 3.05) is 27.0 Å². The molecule has 0 N–H and O–H groups in total. The van der Waals surface area contributed by atoms with Crippen LogP contribution in [0.3, 0.4) is 0 Å². The Labute approximate surface area is 221 Å². The molecule has 0 radical (unpaired) electrons. The monoisotopic (exact) mass is 552 g/mol. The molecule has 0 saturated carbocycles. The number of nitro groups is 1. The number of thioether (sulfide) groups is 1. The van der Waals surface area contributed by atoms with Crippen LogP contribution in [-0.2, 0) is 33.3 Å². The normalized spacial score (nSPS) is 23.0. The summed E-state index contributed by atoms with van der Waals surface area (Å²) in [5.74, 6) is -2.01. The van der Waals surface area contributed by atoms with E-state index >= 15 is 0 Å². The van der Waals surface area contributed by atoms with Crippen LogP contribution in [-0.4, -0.2) is 93.4 Å². The number of aromatic nitrogens is 3. The maximum Gasteiger partial charge on any atom is 0.303 e. The van der Waals surface area contributed by atoms with Crippen molar-refractivity contribution in [1.82, 2.24) is 19.4 Å². The Kier molecular flexibility index (Phi) is 8.56. The lowest BCUT2D eigenvalue weighted by Crippen LogP contribution is -2.50. The summed E-state index contributed by atoms with van der Waals surface area (Å²) in [4.78, 5) is 61.9. The van der Waals surface area contributed by atoms with E-state index in [9.17, 15) is 24.5 Å². The minimum Gasteiger partial charge on any atom is -0.463 e. The largest absolute Gasteiger partial charge is 0.463 e. The van der Waals surface area contributed by atoms with E-state index in [0.717, 1.165) is 13.8 Å². The first-order valence-corrected chi connectivity index (χ1v) is 12.5. The second kappa shape index (κ2) is 11.3. The Morgan fingerprint density at radius 1 is 1.26 bits per heavy atom. The fraction of sp³-hybridized carbons (Fsp3) is 0.545. The highest BCUT2D eigenvalue weighted by Gasteiger charge is 2.60. The molecule has 0 bridgehead atoms. The van der Waals surface area contributed by atoms with Gasteiger partial charge in [0.05, 0.1) is 17.5 Å². The molecule has 38 heavy (non-hydrogen) atoms. The molecule has 2 aromatic rings. The van der Waals surface area contributed by atoms with Crippen molar-refractivity contribution in [3.05, 3.63) is 16.3 Å². The zero-order valence-electron chi connectivity index (χ0n) is 21.9. The molecular weight excluding hydrogens is 524 g/mol. The van der Waals surface area contributed by atoms with Crippen molar-refractivity contribution in [2.45, 2.75) is 56.9 Å². The molecule has 15 nitrogen and oxygen atoms in total. The van der Waals surface area contributed by atoms with Crippen molar-refractivity contribution < 1.29 is 38.3 Å². The summed E-state index contributed by atoms with van der Waals surface area (Å²) in [7, 11) is 3.46. The van der Waals surface area contributed by atoms with Crippen LogP contribution in [0.5, 0.6) is 0 Å². The van der Waals surface area contributed by atoms with Crippen LogP contribution in [0.1, 0.15) is 33.9 Å². The summed E-state index contributed by atoms with van der Waals surface area (Å²) in [5.41, 5.74) is -2.01. The Hall–Kier alpha value is -3.79. The van der Waals surface area contributed by atoms with Gasteiger partial charge in [-0.1, -0.05) is 11.8 Å². The fourth-order valence-electron chi connectivity index (χ4n) is 4.10. The zero-order valence-corrected chi connectivity index (χ0v) is 22.7. The predicted molar refractivity (Wildman–Crippen MR) is 134 cm³/mol. The third kappa shape index (κ3) is 5.85. The molecule has 3 heterocycles. The lowest BCUT2D eigenvalue weighted by Gasteiger charge is -2.34. The van der Waals surface area contributed by atoms with E-state index < -0.39 is 46.9 Å². The molecule has 1 fully saturated rings. The number of aliphatic imine (C=N–C) groups is 1. The van der Waals surface area contributed by atoms with Gasteiger partial charge >= 0.3 is 17.9 Å². The Balaban J connectivity index is 2.31. The van der Waals surface area contributed by atoms with Gasteiger partial charge in [-0.2, -0.15) is 0 Å². The minimum atomic E-state index is -1.71. The number of nitrogens with zero attached hydrogens (tertiary/aromatic N) is 6. The summed E-state index contributed by atoms with van der Waals surface area (Å²) in [6.45, 7) is 4.63. The number of esters is 3. The molecule has 16 heteroatoms. The topological polar surface area (TPSA) is 178 Å². The molecule has 0 aromatic carbocycles. The summed E-state index contributed by atoms with van der Waals surface area (Å²) in [6.07, 6.45) is 0.725. The quantitative estimate of drug-likeness (QED) is 0.0645. The average Bonchev–Trinajstić information content (AvgIpc) is 3.31. The third-order valence-corrected chi connectivity index (χ3v) is 6.01. The van der Waals surface area contributed by atoms with E-state index in [1.54, 1.807) is 25.3 Å². The van der Waals surface area contributed by atoms with Crippen molar-refractivity contribution >= 4 is 58.5 Å². The molecule has 2 aromatic heterocycles. The van der Waals surface area contributed by atoms with E-state index in [-0.39, 0.29) is 34.3 Å². The van der Waals surface area contributed by atoms with E-state index in [4.69, 9.17) is 18.9 Å². The van der Waals surface area contributed by atoms with Crippen LogP contribution in [0.4, 0.5) is 11.5 Å². The lowest BCUT2D eigenvalue weighted by molar-refractivity contribution is -0.383. The molecule has 4 atom stereocenters. The van der Waals surface area contributed by atoms with Gasteiger partial charge in [0.2, 0.25) is 0 Å². The van der Waals surface area contributed by atoms with Crippen molar-refractivity contribution in [3.8, 4) is 0 Å². The molecular formula is C22H28N6O9S. The summed E-state index contributed by atoms with van der Waals surface area (Å²) < 4.78 is 23.7. The third-order valence-electron chi connectivity index (χ3n) is 5.46. The number of carbonyl (C=O) groups excluding carboxylic acids is 3. The Bertz CT molecular complexity index is 1300. The molecule has 0 spiro atoms. The van der Waals surface area contributed by atoms with Gasteiger partial charge < -0.3 is 23.8 Å². The molecule has 206 valence electrons. The number of fused-ring (bicyclic) bond motifs is 1. The number of rotatable bonds is 9. The summed E-state index contributed by atoms with van der Waals surface area (Å²) in [6, 6.07) is 0. The van der Waals surface area contributed by atoms with Gasteiger partial charge in [0.25, 0.3) is 5.69 Å². The van der Waals surface area contributed by atoms with Gasteiger partial charge in [-0.15, -0.1) is 0 Å². The van der Waals surface area contributed by atoms with E-state index in [2.05, 4.69) is 15.0 Å². The smallest absolute Gasteiger partial charge is 0.303 e. The Morgan fingerprint density at radius 3 is 2.47 bits per heavy atom. The van der Waals surface area contributed by atoms with Gasteiger partial charge in [-0.3, -0.25) is 29.1 Å². The highest BCUT2D eigenvalue weighted by Crippen LogP contribution is 2.46. The molecule has 1 saturated heterocycles. The first kappa shape index (κ1) is 28.8. The van der Waals surface area contributed by atoms with Gasteiger partial charge in [-0.05, 0) is 13.2 Å². The Morgan fingerprint density at radius 2 is 1.95 bits per heavy atom. The van der Waals surface area contributed by atoms with E-state index in [0.29, 0.717) is 0 Å². The number of hydrogen-bond donors (Lipinski definition) is 0. The van der Waals surface area contributed by atoms with Crippen molar-refractivity contribution in [2.24, 2.45) is 4.99 Å². The highest BCUT2D eigenvalue weighted by atomic mass is 32.2. The number of carbonyl (C=O) groups is 3. The van der Waals surface area contributed by atoms with Crippen LogP contribution in [0, 0.1) is 10.1 Å². The fourth-order valence-corrected chi connectivity index (χ4v) is 4.46. The number of ether oxygens (including phenoxy) is 4. The van der Waals surface area contributed by atoms with Gasteiger partial charge in [0.15, 0.2) is 34.6 Å². The second-order valence-electron chi connectivity index (χ2n) is 8.76. The summed E-state index contributed by atoms with van der Waals surface area (Å²) >= 11 is 1.19. The highest BCUT2D eigenvalue weighted by molar-refractivity contribution is 7.98. The van der Waals surface area contributed by atoms with Crippen LogP contribution in [0.25, 0.3) is 11.0 Å². The van der Waals surface area contributed by atoms with E-state index in [1.807, 2.05) is 0 Å².